The molecule has 1 aromatic carbocycles. The zero-order valence-corrected chi connectivity index (χ0v) is 12.8. The van der Waals surface area contributed by atoms with Gasteiger partial charge in [0.25, 0.3) is 0 Å². The van der Waals surface area contributed by atoms with Crippen LogP contribution in [0.3, 0.4) is 0 Å². The number of nitriles is 1. The third-order valence-electron chi connectivity index (χ3n) is 2.60. The Morgan fingerprint density at radius 1 is 1.61 bits per heavy atom. The highest BCUT2D eigenvalue weighted by Gasteiger charge is 2.15. The molecule has 1 atom stereocenters. The third-order valence-corrected chi connectivity index (χ3v) is 4.07. The number of halogens is 1. The van der Waals surface area contributed by atoms with Crippen molar-refractivity contribution >= 4 is 33.6 Å². The SMILES string of the molecule is C[C@H](CC#N)N(C)C(=O)CSc1cccc(Br)c1. The number of hydrogen-bond donors (Lipinski definition) is 0. The molecule has 5 heteroatoms. The molecule has 18 heavy (non-hydrogen) atoms. The Labute approximate surface area is 120 Å². The number of amides is 1. The number of rotatable bonds is 5. The molecule has 1 aromatic rings. The quantitative estimate of drug-likeness (QED) is 0.780. The fourth-order valence-corrected chi connectivity index (χ4v) is 2.75. The molecule has 0 aliphatic carbocycles. The van der Waals surface area contributed by atoms with Gasteiger partial charge in [-0.15, -0.1) is 11.8 Å². The molecule has 0 heterocycles. The summed E-state index contributed by atoms with van der Waals surface area (Å²) in [5.74, 6) is 0.436. The van der Waals surface area contributed by atoms with E-state index in [-0.39, 0.29) is 11.9 Å². The van der Waals surface area contributed by atoms with Crippen LogP contribution in [0.2, 0.25) is 0 Å². The molecule has 0 spiro atoms. The van der Waals surface area contributed by atoms with Gasteiger partial charge in [0, 0.05) is 22.5 Å². The van der Waals surface area contributed by atoms with Crippen molar-refractivity contribution in [3.05, 3.63) is 28.7 Å². The van der Waals surface area contributed by atoms with E-state index in [0.717, 1.165) is 9.37 Å². The van der Waals surface area contributed by atoms with Crippen LogP contribution in [0.15, 0.2) is 33.6 Å². The number of carbonyl (C=O) groups excluding carboxylic acids is 1. The molecule has 1 rings (SSSR count). The number of carbonyl (C=O) groups is 1. The van der Waals surface area contributed by atoms with E-state index in [0.29, 0.717) is 12.2 Å². The molecule has 0 radical (unpaired) electrons. The molecular formula is C13H15BrN2OS. The lowest BCUT2D eigenvalue weighted by Gasteiger charge is -2.22. The second-order valence-corrected chi connectivity index (χ2v) is 5.93. The van der Waals surface area contributed by atoms with Crippen molar-refractivity contribution in [1.82, 2.24) is 4.90 Å². The largest absolute Gasteiger partial charge is 0.341 e. The second-order valence-electron chi connectivity index (χ2n) is 3.96. The first kappa shape index (κ1) is 15.1. The maximum absolute atomic E-state index is 11.9. The summed E-state index contributed by atoms with van der Waals surface area (Å²) < 4.78 is 1.01. The zero-order chi connectivity index (χ0) is 13.5. The highest BCUT2D eigenvalue weighted by molar-refractivity contribution is 9.10. The molecule has 0 N–H and O–H groups in total. The van der Waals surface area contributed by atoms with E-state index < -0.39 is 0 Å². The van der Waals surface area contributed by atoms with Gasteiger partial charge in [0.1, 0.15) is 0 Å². The van der Waals surface area contributed by atoms with E-state index in [2.05, 4.69) is 22.0 Å². The van der Waals surface area contributed by atoms with Crippen molar-refractivity contribution in [2.75, 3.05) is 12.8 Å². The number of nitrogens with zero attached hydrogens (tertiary/aromatic N) is 2. The summed E-state index contributed by atoms with van der Waals surface area (Å²) >= 11 is 4.90. The predicted molar refractivity (Wildman–Crippen MR) is 77.3 cm³/mol. The summed E-state index contributed by atoms with van der Waals surface area (Å²) in [6, 6.07) is 9.89. The van der Waals surface area contributed by atoms with Gasteiger partial charge in [0.05, 0.1) is 18.2 Å². The van der Waals surface area contributed by atoms with Gasteiger partial charge in [0.15, 0.2) is 0 Å². The monoisotopic (exact) mass is 326 g/mol. The van der Waals surface area contributed by atoms with Crippen molar-refractivity contribution in [3.8, 4) is 6.07 Å². The van der Waals surface area contributed by atoms with Crippen LogP contribution >= 0.6 is 27.7 Å². The van der Waals surface area contributed by atoms with Crippen molar-refractivity contribution in [3.63, 3.8) is 0 Å². The zero-order valence-electron chi connectivity index (χ0n) is 10.4. The van der Waals surface area contributed by atoms with Gasteiger partial charge in [0.2, 0.25) is 5.91 Å². The lowest BCUT2D eigenvalue weighted by atomic mass is 10.2. The Morgan fingerprint density at radius 3 is 2.94 bits per heavy atom. The maximum atomic E-state index is 11.9. The minimum atomic E-state index is -0.0365. The molecule has 0 aliphatic rings. The van der Waals surface area contributed by atoms with Gasteiger partial charge in [-0.2, -0.15) is 5.26 Å². The summed E-state index contributed by atoms with van der Waals surface area (Å²) in [5, 5.41) is 8.61. The molecule has 0 aromatic heterocycles. The Kier molecular flexibility index (Phi) is 6.23. The average molecular weight is 327 g/mol. The topological polar surface area (TPSA) is 44.1 Å². The minimum Gasteiger partial charge on any atom is -0.341 e. The lowest BCUT2D eigenvalue weighted by molar-refractivity contribution is -0.128. The van der Waals surface area contributed by atoms with Crippen LogP contribution in [0, 0.1) is 11.3 Å². The first-order valence-electron chi connectivity index (χ1n) is 5.55. The summed E-state index contributed by atoms with van der Waals surface area (Å²) in [5.41, 5.74) is 0. The van der Waals surface area contributed by atoms with E-state index in [1.165, 1.54) is 11.8 Å². The maximum Gasteiger partial charge on any atom is 0.232 e. The predicted octanol–water partition coefficient (Wildman–Crippen LogP) is 3.30. The summed E-state index contributed by atoms with van der Waals surface area (Å²) in [4.78, 5) is 14.6. The molecular weight excluding hydrogens is 312 g/mol. The Bertz CT molecular complexity index is 459. The smallest absolute Gasteiger partial charge is 0.232 e. The van der Waals surface area contributed by atoms with Gasteiger partial charge in [-0.3, -0.25) is 4.79 Å². The van der Waals surface area contributed by atoms with Crippen LogP contribution < -0.4 is 0 Å². The van der Waals surface area contributed by atoms with Gasteiger partial charge in [-0.05, 0) is 25.1 Å². The number of hydrogen-bond acceptors (Lipinski definition) is 3. The molecule has 0 fully saturated rings. The van der Waals surface area contributed by atoms with Crippen LogP contribution in [0.1, 0.15) is 13.3 Å². The molecule has 0 aliphatic heterocycles. The van der Waals surface area contributed by atoms with Crippen molar-refractivity contribution in [2.24, 2.45) is 0 Å². The molecule has 0 saturated carbocycles. The molecule has 0 unspecified atom stereocenters. The Hall–Kier alpha value is -0.990. The summed E-state index contributed by atoms with van der Waals surface area (Å²) in [7, 11) is 1.74. The second kappa shape index (κ2) is 7.45. The average Bonchev–Trinajstić information content (AvgIpc) is 2.35. The van der Waals surface area contributed by atoms with Gasteiger partial charge in [-0.25, -0.2) is 0 Å². The summed E-state index contributed by atoms with van der Waals surface area (Å²) in [6.07, 6.45) is 0.365. The van der Waals surface area contributed by atoms with Gasteiger partial charge >= 0.3 is 0 Å². The van der Waals surface area contributed by atoms with E-state index in [1.54, 1.807) is 11.9 Å². The first-order valence-corrected chi connectivity index (χ1v) is 7.33. The van der Waals surface area contributed by atoms with Gasteiger partial charge in [-0.1, -0.05) is 22.0 Å². The third kappa shape index (κ3) is 4.71. The molecule has 1 amide bonds. The highest BCUT2D eigenvalue weighted by atomic mass is 79.9. The normalized spacial score (nSPS) is 11.7. The first-order chi connectivity index (χ1) is 8.54. The molecule has 96 valence electrons. The number of benzene rings is 1. The standard InChI is InChI=1S/C13H15BrN2OS/c1-10(6-7-15)16(2)13(17)9-18-12-5-3-4-11(14)8-12/h3-5,8,10H,6,9H2,1-2H3/t10-/m1/s1. The highest BCUT2D eigenvalue weighted by Crippen LogP contribution is 2.22. The van der Waals surface area contributed by atoms with Crippen LogP contribution in [0.5, 0.6) is 0 Å². The van der Waals surface area contributed by atoms with Gasteiger partial charge < -0.3 is 4.90 Å². The number of thioether (sulfide) groups is 1. The van der Waals surface area contributed by atoms with Crippen molar-refractivity contribution in [2.45, 2.75) is 24.3 Å². The van der Waals surface area contributed by atoms with E-state index in [4.69, 9.17) is 5.26 Å². The van der Waals surface area contributed by atoms with E-state index >= 15 is 0 Å². The Morgan fingerprint density at radius 2 is 2.33 bits per heavy atom. The fraction of sp³-hybridized carbons (Fsp3) is 0.385. The molecule has 3 nitrogen and oxygen atoms in total. The van der Waals surface area contributed by atoms with E-state index in [9.17, 15) is 4.79 Å². The van der Waals surface area contributed by atoms with Crippen LogP contribution in [0.25, 0.3) is 0 Å². The van der Waals surface area contributed by atoms with Crippen LogP contribution in [-0.4, -0.2) is 29.6 Å². The minimum absolute atomic E-state index is 0.0365. The lowest BCUT2D eigenvalue weighted by Crippen LogP contribution is -2.36. The van der Waals surface area contributed by atoms with Crippen LogP contribution in [-0.2, 0) is 4.79 Å². The molecule has 0 saturated heterocycles. The summed E-state index contributed by atoms with van der Waals surface area (Å²) in [6.45, 7) is 1.88. The fourth-order valence-electron chi connectivity index (χ4n) is 1.32. The van der Waals surface area contributed by atoms with Crippen LogP contribution in [0.4, 0.5) is 0 Å². The van der Waals surface area contributed by atoms with E-state index in [1.807, 2.05) is 31.2 Å². The molecule has 0 bridgehead atoms. The Balaban J connectivity index is 2.49. The van der Waals surface area contributed by atoms with Crippen molar-refractivity contribution < 1.29 is 4.79 Å². The van der Waals surface area contributed by atoms with Crippen molar-refractivity contribution in [1.29, 1.82) is 5.26 Å².